The molecular weight excluding hydrogens is 304 g/mol. The van der Waals surface area contributed by atoms with Gasteiger partial charge >= 0.3 is 0 Å². The van der Waals surface area contributed by atoms with Crippen LogP contribution in [0, 0.1) is 0 Å². The summed E-state index contributed by atoms with van der Waals surface area (Å²) in [6.45, 7) is 2.06. The Morgan fingerprint density at radius 3 is 2.48 bits per heavy atom. The summed E-state index contributed by atoms with van der Waals surface area (Å²) in [5, 5.41) is 0. The number of hydrogen-bond donors (Lipinski definition) is 0. The Balaban J connectivity index is 0.00000192. The molecule has 0 bridgehead atoms. The van der Waals surface area contributed by atoms with Crippen LogP contribution in [0.25, 0.3) is 5.57 Å². The lowest BCUT2D eigenvalue weighted by atomic mass is 9.87. The highest BCUT2D eigenvalue weighted by atomic mass is 35.5. The molecule has 3 heteroatoms. The van der Waals surface area contributed by atoms with Crippen molar-refractivity contribution >= 4 is 18.0 Å². The van der Waals surface area contributed by atoms with Crippen LogP contribution in [0.2, 0.25) is 0 Å². The smallest absolute Gasteiger partial charge is 0.0343 e. The number of hydrogen-bond acceptors (Lipinski definition) is 2. The molecule has 122 valence electrons. The average molecular weight is 329 g/mol. The molecule has 1 aliphatic carbocycles. The van der Waals surface area contributed by atoms with E-state index >= 15 is 0 Å². The molecule has 0 aliphatic heterocycles. The van der Waals surface area contributed by atoms with Gasteiger partial charge < -0.3 is 0 Å². The molecule has 2 aromatic rings. The van der Waals surface area contributed by atoms with Gasteiger partial charge in [0, 0.05) is 25.5 Å². The lowest BCUT2D eigenvalue weighted by molar-refractivity contribution is 0.349. The normalized spacial score (nSPS) is 14.7. The van der Waals surface area contributed by atoms with Crippen LogP contribution in [0.1, 0.15) is 36.8 Å². The van der Waals surface area contributed by atoms with Crippen LogP contribution in [0.15, 0.2) is 60.4 Å². The summed E-state index contributed by atoms with van der Waals surface area (Å²) in [6.07, 6.45) is 8.91. The number of nitrogens with zero attached hydrogens (tertiary/aromatic N) is 2. The van der Waals surface area contributed by atoms with Crippen molar-refractivity contribution in [2.24, 2.45) is 0 Å². The molecule has 1 heterocycles. The highest BCUT2D eigenvalue weighted by Gasteiger charge is 2.16. The number of pyridine rings is 1. The third-order valence-corrected chi connectivity index (χ3v) is 4.35. The van der Waals surface area contributed by atoms with E-state index in [1.54, 1.807) is 5.57 Å². The van der Waals surface area contributed by atoms with E-state index in [1.165, 1.54) is 42.4 Å². The van der Waals surface area contributed by atoms with Gasteiger partial charge in [0.1, 0.15) is 0 Å². The second-order valence-electron chi connectivity index (χ2n) is 6.19. The predicted molar refractivity (Wildman–Crippen MR) is 99.6 cm³/mol. The van der Waals surface area contributed by atoms with Crippen molar-refractivity contribution in [2.75, 3.05) is 13.6 Å². The fourth-order valence-electron chi connectivity index (χ4n) is 3.31. The highest BCUT2D eigenvalue weighted by molar-refractivity contribution is 5.85. The van der Waals surface area contributed by atoms with Gasteiger partial charge in [-0.15, -0.1) is 12.4 Å². The topological polar surface area (TPSA) is 16.1 Å². The monoisotopic (exact) mass is 328 g/mol. The SMILES string of the molecule is CN(CC1=C(c2cccnc2)CCCC1)Cc1ccccc1.Cl. The van der Waals surface area contributed by atoms with Gasteiger partial charge in [0.2, 0.25) is 0 Å². The lowest BCUT2D eigenvalue weighted by Gasteiger charge is -2.25. The molecule has 3 rings (SSSR count). The van der Waals surface area contributed by atoms with Crippen LogP contribution in [0.5, 0.6) is 0 Å². The van der Waals surface area contributed by atoms with Gasteiger partial charge in [-0.3, -0.25) is 9.88 Å². The molecule has 1 aliphatic rings. The van der Waals surface area contributed by atoms with Crippen molar-refractivity contribution in [3.8, 4) is 0 Å². The molecule has 0 radical (unpaired) electrons. The van der Waals surface area contributed by atoms with Gasteiger partial charge in [0.05, 0.1) is 0 Å². The van der Waals surface area contributed by atoms with E-state index in [0.717, 1.165) is 13.1 Å². The predicted octanol–water partition coefficient (Wildman–Crippen LogP) is 4.96. The Kier molecular flexibility index (Phi) is 6.82. The molecule has 1 aromatic carbocycles. The summed E-state index contributed by atoms with van der Waals surface area (Å²) in [5.74, 6) is 0. The number of halogens is 1. The molecular formula is C20H25ClN2. The van der Waals surface area contributed by atoms with E-state index < -0.39 is 0 Å². The Morgan fingerprint density at radius 2 is 1.74 bits per heavy atom. The number of rotatable bonds is 5. The summed E-state index contributed by atoms with van der Waals surface area (Å²) >= 11 is 0. The number of allylic oxidation sites excluding steroid dienone is 1. The van der Waals surface area contributed by atoms with E-state index in [2.05, 4.69) is 53.3 Å². The Morgan fingerprint density at radius 1 is 0.957 bits per heavy atom. The zero-order valence-electron chi connectivity index (χ0n) is 13.7. The van der Waals surface area contributed by atoms with Gasteiger partial charge in [0.15, 0.2) is 0 Å². The van der Waals surface area contributed by atoms with Crippen molar-refractivity contribution in [2.45, 2.75) is 32.2 Å². The molecule has 0 fully saturated rings. The van der Waals surface area contributed by atoms with E-state index in [4.69, 9.17) is 0 Å². The minimum atomic E-state index is 0. The van der Waals surface area contributed by atoms with E-state index in [0.29, 0.717) is 0 Å². The first-order valence-electron chi connectivity index (χ1n) is 8.16. The molecule has 0 spiro atoms. The summed E-state index contributed by atoms with van der Waals surface area (Å²) in [4.78, 5) is 6.72. The number of likely N-dealkylation sites (N-methyl/N-ethyl adjacent to an activating group) is 1. The number of aromatic nitrogens is 1. The second-order valence-corrected chi connectivity index (χ2v) is 6.19. The maximum absolute atomic E-state index is 4.29. The third-order valence-electron chi connectivity index (χ3n) is 4.35. The van der Waals surface area contributed by atoms with Crippen LogP contribution >= 0.6 is 12.4 Å². The van der Waals surface area contributed by atoms with Gasteiger partial charge in [0.25, 0.3) is 0 Å². The summed E-state index contributed by atoms with van der Waals surface area (Å²) < 4.78 is 0. The van der Waals surface area contributed by atoms with Gasteiger partial charge in [-0.05, 0) is 55.5 Å². The first-order valence-corrected chi connectivity index (χ1v) is 8.16. The van der Waals surface area contributed by atoms with Crippen molar-refractivity contribution in [1.82, 2.24) is 9.88 Å². The molecule has 0 amide bonds. The molecule has 2 nitrogen and oxygen atoms in total. The zero-order chi connectivity index (χ0) is 15.2. The quantitative estimate of drug-likeness (QED) is 0.771. The van der Waals surface area contributed by atoms with Crippen LogP contribution in [-0.2, 0) is 6.54 Å². The van der Waals surface area contributed by atoms with Crippen LogP contribution in [-0.4, -0.2) is 23.5 Å². The summed E-state index contributed by atoms with van der Waals surface area (Å²) in [6, 6.07) is 15.0. The van der Waals surface area contributed by atoms with Crippen molar-refractivity contribution < 1.29 is 0 Å². The first kappa shape index (κ1) is 17.7. The van der Waals surface area contributed by atoms with E-state index in [-0.39, 0.29) is 12.4 Å². The van der Waals surface area contributed by atoms with Gasteiger partial charge in [-0.1, -0.05) is 42.0 Å². The van der Waals surface area contributed by atoms with Gasteiger partial charge in [-0.2, -0.15) is 0 Å². The van der Waals surface area contributed by atoms with Crippen LogP contribution in [0.4, 0.5) is 0 Å². The van der Waals surface area contributed by atoms with E-state index in [9.17, 15) is 0 Å². The minimum Gasteiger partial charge on any atom is -0.298 e. The molecule has 0 atom stereocenters. The molecule has 23 heavy (non-hydrogen) atoms. The largest absolute Gasteiger partial charge is 0.298 e. The standard InChI is InChI=1S/C20H24N2.ClH/c1-22(15-17-8-3-2-4-9-17)16-19-10-5-6-12-20(19)18-11-7-13-21-14-18;/h2-4,7-9,11,13-14H,5-6,10,12,15-16H2,1H3;1H. The fraction of sp³-hybridized carbons (Fsp3) is 0.350. The Bertz CT molecular complexity index is 623. The van der Waals surface area contributed by atoms with Crippen LogP contribution < -0.4 is 0 Å². The van der Waals surface area contributed by atoms with Crippen molar-refractivity contribution in [3.05, 3.63) is 71.6 Å². The van der Waals surface area contributed by atoms with Crippen molar-refractivity contribution in [1.29, 1.82) is 0 Å². The maximum Gasteiger partial charge on any atom is 0.0343 e. The molecule has 0 unspecified atom stereocenters. The third kappa shape index (κ3) is 4.92. The minimum absolute atomic E-state index is 0. The van der Waals surface area contributed by atoms with Crippen LogP contribution in [0.3, 0.4) is 0 Å². The highest BCUT2D eigenvalue weighted by Crippen LogP contribution is 2.32. The molecule has 0 N–H and O–H groups in total. The fourth-order valence-corrected chi connectivity index (χ4v) is 3.31. The number of benzene rings is 1. The Labute approximate surface area is 145 Å². The van der Waals surface area contributed by atoms with E-state index in [1.807, 2.05) is 18.5 Å². The Hall–Kier alpha value is -1.64. The second kappa shape index (κ2) is 8.85. The molecule has 1 aromatic heterocycles. The molecule has 0 saturated heterocycles. The first-order chi connectivity index (χ1) is 10.8. The zero-order valence-corrected chi connectivity index (χ0v) is 14.6. The van der Waals surface area contributed by atoms with Crippen molar-refractivity contribution in [3.63, 3.8) is 0 Å². The van der Waals surface area contributed by atoms with Gasteiger partial charge in [-0.25, -0.2) is 0 Å². The maximum atomic E-state index is 4.29. The lowest BCUT2D eigenvalue weighted by Crippen LogP contribution is -2.22. The average Bonchev–Trinajstić information content (AvgIpc) is 2.57. The molecule has 0 saturated carbocycles. The summed E-state index contributed by atoms with van der Waals surface area (Å²) in [5.41, 5.74) is 5.81. The summed E-state index contributed by atoms with van der Waals surface area (Å²) in [7, 11) is 2.22.